The number of hydrogen-bond donors (Lipinski definition) is 0. The van der Waals surface area contributed by atoms with Crippen molar-refractivity contribution < 1.29 is 17.1 Å². The number of rotatable bonds is 10. The Morgan fingerprint density at radius 1 is 0.684 bits per heavy atom. The van der Waals surface area contributed by atoms with Crippen LogP contribution in [0.1, 0.15) is 79.1 Å². The topological polar surface area (TPSA) is 0 Å². The van der Waals surface area contributed by atoms with E-state index < -0.39 is 7.26 Å². The Labute approximate surface area is 133 Å². The molecule has 0 spiro atoms. The van der Waals surface area contributed by atoms with Gasteiger partial charge in [-0.25, -0.2) is 0 Å². The summed E-state index contributed by atoms with van der Waals surface area (Å²) in [6.07, 6.45) is 14.9. The van der Waals surface area contributed by atoms with Crippen molar-refractivity contribution in [3.63, 3.8) is 0 Å². The molecule has 0 bridgehead atoms. The number of unbranched alkanes of at least 4 members (excludes halogenated alkanes) is 4. The second-order valence-corrected chi connectivity index (χ2v) is 9.95. The molecule has 0 aromatic carbocycles. The van der Waals surface area contributed by atoms with Crippen molar-refractivity contribution in [3.8, 4) is 11.6 Å². The van der Waals surface area contributed by atoms with E-state index in [1.54, 1.807) is 0 Å². The van der Waals surface area contributed by atoms with Gasteiger partial charge in [0, 0.05) is 17.1 Å². The normalized spacial score (nSPS) is 11.4. The first-order chi connectivity index (χ1) is 8.74. The summed E-state index contributed by atoms with van der Waals surface area (Å²) in [4.78, 5) is 0. The van der Waals surface area contributed by atoms with Gasteiger partial charge in [0.25, 0.3) is 0 Å². The van der Waals surface area contributed by atoms with E-state index in [9.17, 15) is 0 Å². The molecule has 0 atom stereocenters. The van der Waals surface area contributed by atoms with Crippen LogP contribution in [0.2, 0.25) is 0 Å². The molecule has 0 N–H and O–H groups in total. The molecule has 0 amide bonds. The fourth-order valence-corrected chi connectivity index (χ4v) is 7.20. The van der Waals surface area contributed by atoms with Gasteiger partial charge in [-0.3, -0.25) is 0 Å². The molecule has 0 heterocycles. The molecule has 0 fully saturated rings. The van der Waals surface area contributed by atoms with Crippen molar-refractivity contribution in [2.75, 3.05) is 18.5 Å². The van der Waals surface area contributed by atoms with E-state index in [2.05, 4.69) is 39.3 Å². The first kappa shape index (κ1) is 21.8. The molecule has 0 aliphatic heterocycles. The molecule has 0 unspecified atom stereocenters. The average Bonchev–Trinajstić information content (AvgIpc) is 2.40. The maximum atomic E-state index is 3.83. The van der Waals surface area contributed by atoms with Crippen molar-refractivity contribution in [1.29, 1.82) is 0 Å². The molecule has 0 nitrogen and oxygen atoms in total. The molecule has 0 aliphatic carbocycles. The summed E-state index contributed by atoms with van der Waals surface area (Å²) in [7, 11) is -1.26. The van der Waals surface area contributed by atoms with E-state index in [-0.39, 0.29) is 17.1 Å². The fourth-order valence-electron chi connectivity index (χ4n) is 2.48. The van der Waals surface area contributed by atoms with E-state index >= 15 is 0 Å². The average molecular weight is 334 g/mol. The predicted octanol–water partition coefficient (Wildman–Crippen LogP) is 5.90. The minimum Gasteiger partial charge on any atom is 0 e. The van der Waals surface area contributed by atoms with Crippen LogP contribution in [0.3, 0.4) is 0 Å². The minimum atomic E-state index is -1.26. The first-order valence-electron chi connectivity index (χ1n) is 8.24. The Kier molecular flexibility index (Phi) is 17.1. The van der Waals surface area contributed by atoms with Gasteiger partial charge in [-0.1, -0.05) is 0 Å². The zero-order valence-electron chi connectivity index (χ0n) is 13.6. The summed E-state index contributed by atoms with van der Waals surface area (Å²) in [5, 5.41) is 0. The van der Waals surface area contributed by atoms with Crippen LogP contribution in [-0.4, -0.2) is 18.5 Å². The number of hydrogen-bond acceptors (Lipinski definition) is 0. The monoisotopic (exact) mass is 333 g/mol. The van der Waals surface area contributed by atoms with Gasteiger partial charge in [-0.15, -0.1) is 0 Å². The Balaban J connectivity index is 0. The standard InChI is InChI=1S/C17H35P.Cu/c1-5-9-13-17-18(14-10-6-2,15-11-7-3)16-12-8-4;/h18H,5-12,14-16H2,1-4H3;. The molecule has 0 aromatic heterocycles. The SMILES string of the molecule is CCCC#C[PH](CCCC)(CCCC)CCCC.[Cu]. The molecule has 2 heteroatoms. The van der Waals surface area contributed by atoms with Crippen molar-refractivity contribution in [1.82, 2.24) is 0 Å². The molecule has 119 valence electrons. The van der Waals surface area contributed by atoms with Gasteiger partial charge >= 0.3 is 116 Å². The van der Waals surface area contributed by atoms with E-state index in [4.69, 9.17) is 0 Å². The molecule has 0 aromatic rings. The molecule has 0 rings (SSSR count). The summed E-state index contributed by atoms with van der Waals surface area (Å²) < 4.78 is 0. The van der Waals surface area contributed by atoms with Crippen molar-refractivity contribution in [2.45, 2.75) is 79.1 Å². The largest absolute Gasteiger partial charge is 0 e. The predicted molar refractivity (Wildman–Crippen MR) is 90.3 cm³/mol. The third kappa shape index (κ3) is 10.9. The molecule has 1 radical (unpaired) electrons. The fraction of sp³-hybridized carbons (Fsp3) is 0.882. The van der Waals surface area contributed by atoms with Gasteiger partial charge < -0.3 is 0 Å². The van der Waals surface area contributed by atoms with Crippen LogP contribution in [0.25, 0.3) is 0 Å². The van der Waals surface area contributed by atoms with Crippen LogP contribution in [0.4, 0.5) is 0 Å². The zero-order chi connectivity index (χ0) is 13.7. The maximum Gasteiger partial charge on any atom is 0 e. The first-order valence-corrected chi connectivity index (χ1v) is 10.9. The van der Waals surface area contributed by atoms with Crippen molar-refractivity contribution >= 4 is 7.26 Å². The van der Waals surface area contributed by atoms with Crippen LogP contribution in [0.5, 0.6) is 0 Å². The van der Waals surface area contributed by atoms with Gasteiger partial charge in [0.2, 0.25) is 0 Å². The van der Waals surface area contributed by atoms with Gasteiger partial charge in [-0.2, -0.15) is 0 Å². The summed E-state index contributed by atoms with van der Waals surface area (Å²) >= 11 is 0. The van der Waals surface area contributed by atoms with E-state index in [0.717, 1.165) is 6.42 Å². The molecule has 19 heavy (non-hydrogen) atoms. The van der Waals surface area contributed by atoms with Crippen LogP contribution >= 0.6 is 7.26 Å². The Morgan fingerprint density at radius 2 is 1.11 bits per heavy atom. The third-order valence-electron chi connectivity index (χ3n) is 3.76. The van der Waals surface area contributed by atoms with Crippen LogP contribution < -0.4 is 0 Å². The van der Waals surface area contributed by atoms with Crippen LogP contribution in [-0.2, 0) is 17.1 Å². The van der Waals surface area contributed by atoms with E-state index in [1.165, 1.54) is 63.4 Å². The van der Waals surface area contributed by atoms with Gasteiger partial charge in [0.15, 0.2) is 0 Å². The molecular formula is C17H35CuP. The van der Waals surface area contributed by atoms with Crippen molar-refractivity contribution in [3.05, 3.63) is 0 Å². The smallest absolute Gasteiger partial charge is 0 e. The van der Waals surface area contributed by atoms with Gasteiger partial charge in [0.05, 0.1) is 0 Å². The zero-order valence-corrected chi connectivity index (χ0v) is 15.5. The summed E-state index contributed by atoms with van der Waals surface area (Å²) in [5.41, 5.74) is 3.83. The van der Waals surface area contributed by atoms with E-state index in [0.29, 0.717) is 0 Å². The maximum absolute atomic E-state index is 3.83. The second-order valence-electron chi connectivity index (χ2n) is 5.64. The van der Waals surface area contributed by atoms with Crippen LogP contribution in [0.15, 0.2) is 0 Å². The summed E-state index contributed by atoms with van der Waals surface area (Å²) in [5.74, 6) is 3.51. The minimum absolute atomic E-state index is 0. The Hall–Kier alpha value is 0.509. The summed E-state index contributed by atoms with van der Waals surface area (Å²) in [6, 6.07) is 0. The third-order valence-corrected chi connectivity index (χ3v) is 8.39. The molecule has 0 saturated carbocycles. The Bertz CT molecular complexity index is 218. The Morgan fingerprint density at radius 3 is 1.42 bits per heavy atom. The van der Waals surface area contributed by atoms with Crippen LogP contribution in [0, 0.1) is 11.6 Å². The summed E-state index contributed by atoms with van der Waals surface area (Å²) in [6.45, 7) is 9.19. The second kappa shape index (κ2) is 14.9. The van der Waals surface area contributed by atoms with Gasteiger partial charge in [0.1, 0.15) is 0 Å². The van der Waals surface area contributed by atoms with E-state index in [1.807, 2.05) is 0 Å². The molecule has 0 aliphatic rings. The van der Waals surface area contributed by atoms with Gasteiger partial charge in [-0.05, 0) is 0 Å². The molecule has 0 saturated heterocycles. The van der Waals surface area contributed by atoms with Crippen molar-refractivity contribution in [2.24, 2.45) is 0 Å². The quantitative estimate of drug-likeness (QED) is 0.265. The molecular weight excluding hydrogens is 299 g/mol.